The number of aromatic nitrogens is 2. The number of carbonyl (C=O) groups is 5. The molecule has 4 aliphatic heterocycles. The van der Waals surface area contributed by atoms with Crippen molar-refractivity contribution in [3.05, 3.63) is 71.5 Å². The van der Waals surface area contributed by atoms with E-state index in [2.05, 4.69) is 59.6 Å². The lowest BCUT2D eigenvalue weighted by atomic mass is 9.83. The van der Waals surface area contributed by atoms with Crippen molar-refractivity contribution in [2.45, 2.75) is 96.6 Å². The van der Waals surface area contributed by atoms with Gasteiger partial charge in [-0.1, -0.05) is 39.8 Å². The second-order valence-electron chi connectivity index (χ2n) is 19.0. The van der Waals surface area contributed by atoms with Crippen LogP contribution in [0.15, 0.2) is 54.7 Å². The van der Waals surface area contributed by atoms with Gasteiger partial charge in [-0.2, -0.15) is 0 Å². The van der Waals surface area contributed by atoms with Crippen molar-refractivity contribution in [1.29, 1.82) is 0 Å². The number of rotatable bonds is 8. The van der Waals surface area contributed by atoms with Crippen LogP contribution in [0.4, 0.5) is 0 Å². The van der Waals surface area contributed by atoms with Crippen LogP contribution in [-0.2, 0) is 46.3 Å². The Balaban J connectivity index is 1.20. The van der Waals surface area contributed by atoms with Crippen molar-refractivity contribution < 1.29 is 38.6 Å². The zero-order valence-electron chi connectivity index (χ0n) is 37.9. The molecule has 64 heavy (non-hydrogen) atoms. The zero-order valence-corrected chi connectivity index (χ0v) is 37.9. The Morgan fingerprint density at radius 3 is 2.58 bits per heavy atom. The highest BCUT2D eigenvalue weighted by atomic mass is 16.5. The molecule has 6 bridgehead atoms. The van der Waals surface area contributed by atoms with Gasteiger partial charge in [0.1, 0.15) is 30.0 Å². The summed E-state index contributed by atoms with van der Waals surface area (Å²) >= 11 is 0. The number of hydrogen-bond acceptors (Lipinski definition) is 11. The zero-order chi connectivity index (χ0) is 45.8. The Hall–Kier alpha value is -5.84. The highest BCUT2D eigenvalue weighted by Gasteiger charge is 2.40. The average Bonchev–Trinajstić information content (AvgIpc) is 4.07. The number of hydrazine groups is 1. The number of ether oxygens (including phenoxy) is 2. The van der Waals surface area contributed by atoms with Crippen LogP contribution in [0.5, 0.6) is 5.75 Å². The van der Waals surface area contributed by atoms with Gasteiger partial charge in [-0.15, -0.1) is 0 Å². The number of amides is 4. The molecule has 4 aromatic rings. The molecule has 16 nitrogen and oxygen atoms in total. The van der Waals surface area contributed by atoms with E-state index in [1.165, 1.54) is 21.9 Å². The third-order valence-corrected chi connectivity index (χ3v) is 13.1. The second kappa shape index (κ2) is 17.6. The Bertz CT molecular complexity index is 2500. The number of nitrogens with one attached hydrogen (secondary N) is 3. The fourth-order valence-corrected chi connectivity index (χ4v) is 9.80. The number of fused-ring (bicyclic) bond motifs is 11. The molecule has 0 spiro atoms. The van der Waals surface area contributed by atoms with Gasteiger partial charge in [-0.25, -0.2) is 5.43 Å². The van der Waals surface area contributed by atoms with Gasteiger partial charge in [-0.3, -0.25) is 34.0 Å². The number of carbonyl (C=O) groups excluding carboxylic acids is 5. The van der Waals surface area contributed by atoms with E-state index < -0.39 is 47.2 Å². The van der Waals surface area contributed by atoms with Crippen LogP contribution >= 0.6 is 0 Å². The minimum Gasteiger partial charge on any atom is -0.508 e. The van der Waals surface area contributed by atoms with E-state index in [4.69, 9.17) is 14.5 Å². The van der Waals surface area contributed by atoms with Crippen molar-refractivity contribution in [3.8, 4) is 28.1 Å². The Kier molecular flexibility index (Phi) is 12.3. The first-order chi connectivity index (χ1) is 30.5. The number of aromatic hydroxyl groups is 1. The molecule has 16 heteroatoms. The number of phenolic OH excluding ortho intramolecular Hbond substituents is 1. The topological polar surface area (TPSA) is 198 Å². The average molecular weight is 877 g/mol. The van der Waals surface area contributed by atoms with E-state index in [0.717, 1.165) is 39.0 Å². The minimum absolute atomic E-state index is 0.0158. The molecule has 2 fully saturated rings. The van der Waals surface area contributed by atoms with Gasteiger partial charge >= 0.3 is 5.97 Å². The number of esters is 1. The molecule has 0 saturated carbocycles. The van der Waals surface area contributed by atoms with Crippen molar-refractivity contribution in [2.24, 2.45) is 11.3 Å². The van der Waals surface area contributed by atoms with E-state index in [1.54, 1.807) is 32.5 Å². The quantitative estimate of drug-likeness (QED) is 0.148. The van der Waals surface area contributed by atoms with Crippen LogP contribution < -0.4 is 16.1 Å². The van der Waals surface area contributed by atoms with Gasteiger partial charge in [0.05, 0.1) is 36.6 Å². The summed E-state index contributed by atoms with van der Waals surface area (Å²) in [6, 6.07) is 12.0. The van der Waals surface area contributed by atoms with Gasteiger partial charge in [0.25, 0.3) is 5.91 Å². The summed E-state index contributed by atoms with van der Waals surface area (Å²) in [7, 11) is 4.78. The minimum atomic E-state index is -1.17. The predicted molar refractivity (Wildman–Crippen MR) is 240 cm³/mol. The summed E-state index contributed by atoms with van der Waals surface area (Å²) in [4.78, 5) is 76.5. The van der Waals surface area contributed by atoms with E-state index in [0.29, 0.717) is 36.9 Å². The SMILES string of the molecule is CO[C@@H]1c2ncccc2-c2c3c4cc(ccc4n2C1C)-c1cc(O)cc(c1)C[C@H](NC(=O)C(C(C)C)N(C)C(=O)CN(C)C(=O)[C@H]1CN1)C(=O)N1CCC[C@H](N1)C(=O)OCC(C)(C)C3. The maximum Gasteiger partial charge on any atom is 0.324 e. The molecule has 0 aliphatic carbocycles. The summed E-state index contributed by atoms with van der Waals surface area (Å²) in [5.74, 6) is -2.55. The highest BCUT2D eigenvalue weighted by molar-refractivity contribution is 5.97. The molecular weight excluding hydrogens is 817 g/mol. The van der Waals surface area contributed by atoms with Crippen LogP contribution in [0.2, 0.25) is 0 Å². The number of benzene rings is 2. The van der Waals surface area contributed by atoms with Gasteiger partial charge in [-0.05, 0) is 90.8 Å². The first kappa shape index (κ1) is 44.8. The lowest BCUT2D eigenvalue weighted by Gasteiger charge is -2.37. The van der Waals surface area contributed by atoms with Crippen LogP contribution in [0, 0.1) is 11.3 Å². The number of nitrogens with zero attached hydrogens (tertiary/aromatic N) is 5. The molecular formula is C48H60N8O8. The summed E-state index contributed by atoms with van der Waals surface area (Å²) in [6.07, 6.45) is 2.98. The maximum atomic E-state index is 14.6. The first-order valence-corrected chi connectivity index (χ1v) is 22.2. The second-order valence-corrected chi connectivity index (χ2v) is 19.0. The number of cyclic esters (lactones) is 1. The summed E-state index contributed by atoms with van der Waals surface area (Å²) in [6.45, 7) is 10.6. The van der Waals surface area contributed by atoms with E-state index in [1.807, 2.05) is 32.0 Å². The largest absolute Gasteiger partial charge is 0.508 e. The molecule has 4 N–H and O–H groups in total. The summed E-state index contributed by atoms with van der Waals surface area (Å²) < 4.78 is 14.5. The fraction of sp³-hybridized carbons (Fsp3) is 0.500. The number of likely N-dealkylation sites (N-methyl/N-ethyl adjacent to an activating group) is 2. The fourth-order valence-electron chi connectivity index (χ4n) is 9.80. The smallest absolute Gasteiger partial charge is 0.324 e. The number of phenols is 1. The third-order valence-electron chi connectivity index (χ3n) is 13.1. The van der Waals surface area contributed by atoms with Crippen molar-refractivity contribution in [1.82, 2.24) is 40.4 Å². The van der Waals surface area contributed by atoms with Gasteiger partial charge in [0.2, 0.25) is 17.7 Å². The lowest BCUT2D eigenvalue weighted by molar-refractivity contribution is -0.155. The van der Waals surface area contributed by atoms with Gasteiger partial charge in [0, 0.05) is 68.8 Å². The van der Waals surface area contributed by atoms with Crippen LogP contribution in [0.25, 0.3) is 33.3 Å². The normalized spacial score (nSPS) is 23.3. The number of methoxy groups -OCH3 is 1. The highest BCUT2D eigenvalue weighted by Crippen LogP contribution is 2.49. The molecule has 0 radical (unpaired) electrons. The molecule has 2 unspecified atom stereocenters. The Morgan fingerprint density at radius 2 is 1.86 bits per heavy atom. The number of pyridine rings is 1. The van der Waals surface area contributed by atoms with Gasteiger partial charge in [0.15, 0.2) is 0 Å². The van der Waals surface area contributed by atoms with Crippen molar-refractivity contribution in [3.63, 3.8) is 0 Å². The van der Waals surface area contributed by atoms with E-state index in [-0.39, 0.29) is 61.9 Å². The first-order valence-electron chi connectivity index (χ1n) is 22.2. The molecule has 8 rings (SSSR count). The van der Waals surface area contributed by atoms with Crippen molar-refractivity contribution in [2.75, 3.05) is 47.4 Å². The molecule has 340 valence electrons. The molecule has 6 atom stereocenters. The van der Waals surface area contributed by atoms with E-state index in [9.17, 15) is 29.1 Å². The monoisotopic (exact) mass is 876 g/mol. The lowest BCUT2D eigenvalue weighted by Crippen LogP contribution is -2.62. The Morgan fingerprint density at radius 1 is 1.09 bits per heavy atom. The number of hydrogen-bond donors (Lipinski definition) is 4. The maximum absolute atomic E-state index is 14.6. The third kappa shape index (κ3) is 8.70. The standard InChI is InChI=1S/C48H60N8O8/c1-26(2)41(54(7)39(58)24-53(6)45(60)37-23-50-37)44(59)51-36-19-28-17-30(20-31(57)18-28)29-13-14-38-33(21-29)34(42-32-11-9-15-49-40(32)43(63-8)27(3)56(38)42)22-48(4,5)25-64-47(62)35-12-10-16-55(52-35)46(36)61/h9,11,13-15,17-18,20-21,26-27,35-37,41,43,50,52,57H,10,12,16,19,22-25H2,1-8H3,(H,51,59)/t27?,35-,36-,37+,41?,43-/m0/s1. The van der Waals surface area contributed by atoms with Crippen LogP contribution in [0.1, 0.15) is 76.4 Å². The Labute approximate surface area is 373 Å². The van der Waals surface area contributed by atoms with Crippen molar-refractivity contribution >= 4 is 40.5 Å². The van der Waals surface area contributed by atoms with Crippen LogP contribution in [0.3, 0.4) is 0 Å². The van der Waals surface area contributed by atoms with E-state index >= 15 is 0 Å². The van der Waals surface area contributed by atoms with Crippen LogP contribution in [-0.4, -0.2) is 131 Å². The molecule has 6 heterocycles. The summed E-state index contributed by atoms with van der Waals surface area (Å²) in [5, 5.41) is 19.6. The molecule has 2 saturated heterocycles. The van der Waals surface area contributed by atoms with Gasteiger partial charge < -0.3 is 39.6 Å². The molecule has 2 aromatic heterocycles. The predicted octanol–water partition coefficient (Wildman–Crippen LogP) is 3.90. The molecule has 4 aliphatic rings. The molecule has 2 aromatic carbocycles. The summed E-state index contributed by atoms with van der Waals surface area (Å²) in [5.41, 5.74) is 9.64. The molecule has 4 amide bonds.